The highest BCUT2D eigenvalue weighted by molar-refractivity contribution is 5.85. The number of aryl methyl sites for hydroxylation is 2. The predicted octanol–water partition coefficient (Wildman–Crippen LogP) is 7.92. The largest absolute Gasteiger partial charge is 0.391 e. The molecule has 6 aromatic rings. The van der Waals surface area contributed by atoms with Gasteiger partial charge in [-0.3, -0.25) is 20.2 Å². The zero-order chi connectivity index (χ0) is 32.1. The summed E-state index contributed by atoms with van der Waals surface area (Å²) in [5.41, 5.74) is 6.51. The number of rotatable bonds is 9. The minimum atomic E-state index is -0.519. The number of fused-ring (bicyclic) bond motifs is 2. The quantitative estimate of drug-likeness (QED) is 0.125. The number of aliphatic hydroxyl groups is 1. The van der Waals surface area contributed by atoms with Gasteiger partial charge in [0.05, 0.1) is 55.7 Å². The van der Waals surface area contributed by atoms with E-state index in [4.69, 9.17) is 4.98 Å². The summed E-state index contributed by atoms with van der Waals surface area (Å²) < 4.78 is 1.91. The van der Waals surface area contributed by atoms with Crippen LogP contribution in [0.2, 0.25) is 0 Å². The summed E-state index contributed by atoms with van der Waals surface area (Å²) in [5.74, 6) is 1.05. The molecule has 0 aliphatic carbocycles. The van der Waals surface area contributed by atoms with Crippen molar-refractivity contribution in [1.29, 1.82) is 0 Å². The Balaban J connectivity index is 0.000000186. The zero-order valence-corrected chi connectivity index (χ0v) is 25.3. The van der Waals surface area contributed by atoms with Crippen molar-refractivity contribution in [2.24, 2.45) is 0 Å². The van der Waals surface area contributed by atoms with Gasteiger partial charge in [0.1, 0.15) is 11.6 Å². The second-order valence-corrected chi connectivity index (χ2v) is 10.9. The molecule has 0 bridgehead atoms. The maximum absolute atomic E-state index is 11.5. The fourth-order valence-corrected chi connectivity index (χ4v) is 5.38. The van der Waals surface area contributed by atoms with Crippen LogP contribution < -0.4 is 0 Å². The molecule has 230 valence electrons. The Morgan fingerprint density at radius 3 is 2.04 bits per heavy atom. The molecule has 0 radical (unpaired) electrons. The highest BCUT2D eigenvalue weighted by Crippen LogP contribution is 2.33. The van der Waals surface area contributed by atoms with E-state index in [0.29, 0.717) is 35.7 Å². The lowest BCUT2D eigenvalue weighted by atomic mass is 10.1. The van der Waals surface area contributed by atoms with Crippen LogP contribution in [0.25, 0.3) is 44.8 Å². The number of aliphatic hydroxyl groups excluding tert-OH is 1. The number of nitrogens with zero attached hydrogens (tertiary/aromatic N) is 5. The number of hydrogen-bond donors (Lipinski definition) is 2. The molecule has 0 spiro atoms. The molecule has 1 atom stereocenters. The van der Waals surface area contributed by atoms with E-state index < -0.39 is 11.0 Å². The number of nitro benzene ring substituents is 2. The third kappa shape index (κ3) is 6.58. The Morgan fingerprint density at radius 1 is 0.800 bits per heavy atom. The van der Waals surface area contributed by atoms with Crippen molar-refractivity contribution in [2.75, 3.05) is 0 Å². The Kier molecular flexibility index (Phi) is 9.29. The van der Waals surface area contributed by atoms with Gasteiger partial charge in [0.2, 0.25) is 0 Å². The van der Waals surface area contributed by atoms with Gasteiger partial charge in [0.25, 0.3) is 11.4 Å². The molecule has 0 fully saturated rings. The lowest BCUT2D eigenvalue weighted by Gasteiger charge is -2.14. The highest BCUT2D eigenvalue weighted by Gasteiger charge is 2.23. The van der Waals surface area contributed by atoms with Crippen LogP contribution in [0.1, 0.15) is 37.3 Å². The van der Waals surface area contributed by atoms with E-state index in [1.807, 2.05) is 54.8 Å². The van der Waals surface area contributed by atoms with E-state index in [9.17, 15) is 25.3 Å². The van der Waals surface area contributed by atoms with Crippen LogP contribution in [-0.2, 0) is 6.54 Å². The van der Waals surface area contributed by atoms with Gasteiger partial charge < -0.3 is 14.7 Å². The van der Waals surface area contributed by atoms with Gasteiger partial charge in [-0.25, -0.2) is 9.97 Å². The first-order valence-corrected chi connectivity index (χ1v) is 14.8. The Bertz CT molecular complexity index is 2000. The summed E-state index contributed by atoms with van der Waals surface area (Å²) in [7, 11) is 0. The van der Waals surface area contributed by atoms with Crippen LogP contribution in [-0.4, -0.2) is 40.6 Å². The second-order valence-electron chi connectivity index (χ2n) is 10.9. The molecule has 0 amide bonds. The molecule has 11 nitrogen and oxygen atoms in total. The van der Waals surface area contributed by atoms with Crippen molar-refractivity contribution in [3.8, 4) is 22.8 Å². The number of nitro groups is 2. The summed E-state index contributed by atoms with van der Waals surface area (Å²) in [6.45, 7) is 6.38. The van der Waals surface area contributed by atoms with Gasteiger partial charge in [0, 0.05) is 12.1 Å². The molecule has 1 unspecified atom stereocenters. The molecular weight excluding hydrogens is 572 g/mol. The van der Waals surface area contributed by atoms with Crippen molar-refractivity contribution in [1.82, 2.24) is 19.5 Å². The molecule has 0 aliphatic rings. The minimum absolute atomic E-state index is 0.0183. The van der Waals surface area contributed by atoms with Crippen LogP contribution >= 0.6 is 0 Å². The maximum Gasteiger partial charge on any atom is 0.280 e. The smallest absolute Gasteiger partial charge is 0.280 e. The molecule has 2 heterocycles. The van der Waals surface area contributed by atoms with Crippen molar-refractivity contribution in [3.63, 3.8) is 0 Å². The van der Waals surface area contributed by atoms with E-state index in [1.54, 1.807) is 36.4 Å². The topological polar surface area (TPSA) is 153 Å². The average Bonchev–Trinajstić information content (AvgIpc) is 3.64. The number of unbranched alkanes of at least 4 members (excludes halogenated alkanes) is 1. The lowest BCUT2D eigenvalue weighted by Crippen LogP contribution is -2.16. The summed E-state index contributed by atoms with van der Waals surface area (Å²) in [6, 6.07) is 24.9. The monoisotopic (exact) mass is 606 g/mol. The normalized spacial score (nSPS) is 11.7. The van der Waals surface area contributed by atoms with E-state index in [1.165, 1.54) is 12.1 Å². The van der Waals surface area contributed by atoms with Crippen LogP contribution in [0.3, 0.4) is 0 Å². The number of hydrogen-bond acceptors (Lipinski definition) is 7. The van der Waals surface area contributed by atoms with Crippen molar-refractivity contribution >= 4 is 33.4 Å². The SMILES string of the molecule is CCCCC(O)Cn1c(-c2ccccc2[N+](=O)[O-])nc2c(C)cccc21.Cc1cccc2[nH]c(-c3ccccc3[N+](=O)[O-])nc12. The van der Waals surface area contributed by atoms with E-state index in [2.05, 4.69) is 16.9 Å². The van der Waals surface area contributed by atoms with Crippen molar-refractivity contribution in [2.45, 2.75) is 52.7 Å². The summed E-state index contributed by atoms with van der Waals surface area (Å²) in [4.78, 5) is 34.0. The molecule has 11 heteroatoms. The first-order chi connectivity index (χ1) is 21.7. The lowest BCUT2D eigenvalue weighted by molar-refractivity contribution is -0.384. The Hall–Kier alpha value is -5.42. The molecular formula is C34H34N6O5. The third-order valence-electron chi connectivity index (χ3n) is 7.68. The van der Waals surface area contributed by atoms with Gasteiger partial charge >= 0.3 is 0 Å². The first-order valence-electron chi connectivity index (χ1n) is 14.8. The highest BCUT2D eigenvalue weighted by atomic mass is 16.6. The van der Waals surface area contributed by atoms with E-state index >= 15 is 0 Å². The summed E-state index contributed by atoms with van der Waals surface area (Å²) >= 11 is 0. The predicted molar refractivity (Wildman–Crippen MR) is 175 cm³/mol. The molecule has 2 aromatic heterocycles. The minimum Gasteiger partial charge on any atom is -0.391 e. The number of aromatic nitrogens is 4. The molecule has 4 aromatic carbocycles. The summed E-state index contributed by atoms with van der Waals surface area (Å²) in [5, 5.41) is 33.0. The molecule has 2 N–H and O–H groups in total. The van der Waals surface area contributed by atoms with Gasteiger partial charge in [-0.05, 0) is 55.7 Å². The van der Waals surface area contributed by atoms with Gasteiger partial charge in [0.15, 0.2) is 0 Å². The number of aromatic amines is 1. The maximum atomic E-state index is 11.5. The zero-order valence-electron chi connectivity index (χ0n) is 25.3. The van der Waals surface area contributed by atoms with Crippen LogP contribution in [0.4, 0.5) is 11.4 Å². The molecule has 45 heavy (non-hydrogen) atoms. The van der Waals surface area contributed by atoms with E-state index in [0.717, 1.165) is 46.0 Å². The molecule has 0 saturated heterocycles. The number of imidazole rings is 2. The number of H-pyrrole nitrogens is 1. The van der Waals surface area contributed by atoms with Crippen LogP contribution in [0.5, 0.6) is 0 Å². The number of nitrogens with one attached hydrogen (secondary N) is 1. The molecule has 0 saturated carbocycles. The standard InChI is InChI=1S/C20H23N3O3.C14H11N3O2/c1-3-4-9-15(24)13-22-18-12-7-8-14(2)19(18)21-20(22)16-10-5-6-11-17(16)23(25)26;1-9-5-4-7-11-13(9)16-14(15-11)10-6-2-3-8-12(10)17(18)19/h5-8,10-12,15,24H,3-4,9,13H2,1-2H3;2-8H,1H3,(H,15,16). The van der Waals surface area contributed by atoms with Crippen LogP contribution in [0.15, 0.2) is 84.9 Å². The summed E-state index contributed by atoms with van der Waals surface area (Å²) in [6.07, 6.45) is 2.12. The Labute approximate surface area is 259 Å². The van der Waals surface area contributed by atoms with Gasteiger partial charge in [-0.1, -0.05) is 68.3 Å². The second kappa shape index (κ2) is 13.5. The molecule has 0 aliphatic heterocycles. The number of para-hydroxylation sites is 4. The van der Waals surface area contributed by atoms with Crippen LogP contribution in [0, 0.1) is 34.1 Å². The van der Waals surface area contributed by atoms with Gasteiger partial charge in [-0.2, -0.15) is 0 Å². The number of benzene rings is 4. The fraction of sp³-hybridized carbons (Fsp3) is 0.235. The Morgan fingerprint density at radius 2 is 1.40 bits per heavy atom. The van der Waals surface area contributed by atoms with E-state index in [-0.39, 0.29) is 16.3 Å². The first kappa shape index (κ1) is 31.0. The van der Waals surface area contributed by atoms with Crippen molar-refractivity contribution < 1.29 is 15.0 Å². The average molecular weight is 607 g/mol. The van der Waals surface area contributed by atoms with Gasteiger partial charge in [-0.15, -0.1) is 0 Å². The molecule has 6 rings (SSSR count). The van der Waals surface area contributed by atoms with Crippen molar-refractivity contribution in [3.05, 3.63) is 116 Å². The fourth-order valence-electron chi connectivity index (χ4n) is 5.38. The third-order valence-corrected chi connectivity index (χ3v) is 7.68.